The Morgan fingerprint density at radius 3 is 1.60 bits per heavy atom. The fourth-order valence-corrected chi connectivity index (χ4v) is 10.5. The lowest BCUT2D eigenvalue weighted by atomic mass is 9.64. The summed E-state index contributed by atoms with van der Waals surface area (Å²) in [4.78, 5) is 17.5. The molecule has 0 bridgehead atoms. The number of anilines is 1. The molecule has 2 unspecified atom stereocenters. The molecule has 4 heterocycles. The summed E-state index contributed by atoms with van der Waals surface area (Å²) in [6, 6.07) is 57.7. The van der Waals surface area contributed by atoms with Gasteiger partial charge in [0.15, 0.2) is 23.2 Å². The molecule has 10 nitrogen and oxygen atoms in total. The summed E-state index contributed by atoms with van der Waals surface area (Å²) in [5.41, 5.74) is 5.33. The van der Waals surface area contributed by atoms with Crippen LogP contribution in [0.25, 0.3) is 11.2 Å². The number of aliphatic hydroxyl groups is 1. The Labute approximate surface area is 380 Å². The van der Waals surface area contributed by atoms with E-state index in [1.165, 1.54) is 6.42 Å². The molecule has 6 aromatic carbocycles. The van der Waals surface area contributed by atoms with Crippen LogP contribution in [-0.2, 0) is 15.7 Å². The van der Waals surface area contributed by atoms with Gasteiger partial charge in [-0.25, -0.2) is 15.0 Å². The van der Waals surface area contributed by atoms with Crippen LogP contribution in [0.2, 0.25) is 0 Å². The SMILES string of the molecule is COc1ccc(C(Nc2ncnc3c2ncn3[C@@H]2O[C@H](C(O)C(c3ccccc3)(c3ccccc3)c3ccc(OC)cc3)CC2N2CCCCC2)(c2ccccc2)c2ccccc2)cc1. The summed E-state index contributed by atoms with van der Waals surface area (Å²) in [6.45, 7) is 1.89. The van der Waals surface area contributed by atoms with Gasteiger partial charge in [0, 0.05) is 0 Å². The van der Waals surface area contributed by atoms with Gasteiger partial charge in [-0.2, -0.15) is 0 Å². The molecule has 2 N–H and O–H groups in total. The van der Waals surface area contributed by atoms with Gasteiger partial charge in [0.1, 0.15) is 23.4 Å². The van der Waals surface area contributed by atoms with Gasteiger partial charge in [-0.1, -0.05) is 152 Å². The van der Waals surface area contributed by atoms with E-state index in [1.54, 1.807) is 20.5 Å². The van der Waals surface area contributed by atoms with E-state index in [1.807, 2.05) is 79.1 Å². The minimum Gasteiger partial charge on any atom is -0.497 e. The van der Waals surface area contributed by atoms with Crippen LogP contribution >= 0.6 is 0 Å². The number of aliphatic hydroxyl groups excluding tert-OH is 1. The number of ether oxygens (including phenoxy) is 3. The Bertz CT molecular complexity index is 2710. The molecule has 10 rings (SSSR count). The largest absolute Gasteiger partial charge is 0.497 e. The van der Waals surface area contributed by atoms with Crippen molar-refractivity contribution in [2.75, 3.05) is 32.6 Å². The molecule has 0 aliphatic carbocycles. The van der Waals surface area contributed by atoms with E-state index in [2.05, 4.69) is 112 Å². The molecule has 2 saturated heterocycles. The topological polar surface area (TPSA) is 107 Å². The number of likely N-dealkylation sites (tertiary alicyclic amines) is 1. The summed E-state index contributed by atoms with van der Waals surface area (Å²) in [6.07, 6.45) is 5.36. The second-order valence-electron chi connectivity index (χ2n) is 17.1. The summed E-state index contributed by atoms with van der Waals surface area (Å²) < 4.78 is 20.6. The lowest BCUT2D eigenvalue weighted by Crippen LogP contribution is -2.49. The van der Waals surface area contributed by atoms with Crippen molar-refractivity contribution >= 4 is 17.0 Å². The maximum absolute atomic E-state index is 13.4. The minimum absolute atomic E-state index is 0.0640. The average Bonchev–Trinajstić information content (AvgIpc) is 4.03. The minimum atomic E-state index is -0.999. The fourth-order valence-electron chi connectivity index (χ4n) is 10.5. The Kier molecular flexibility index (Phi) is 11.9. The highest BCUT2D eigenvalue weighted by molar-refractivity contribution is 5.84. The lowest BCUT2D eigenvalue weighted by Gasteiger charge is -2.42. The van der Waals surface area contributed by atoms with Crippen molar-refractivity contribution in [1.29, 1.82) is 0 Å². The summed E-state index contributed by atoms with van der Waals surface area (Å²) in [5, 5.41) is 17.3. The number of hydrogen-bond donors (Lipinski definition) is 2. The third-order valence-electron chi connectivity index (χ3n) is 13.7. The highest BCUT2D eigenvalue weighted by atomic mass is 16.5. The number of aromatic nitrogens is 4. The summed E-state index contributed by atoms with van der Waals surface area (Å²) in [7, 11) is 3.35. The zero-order valence-electron chi connectivity index (χ0n) is 36.8. The number of nitrogens with one attached hydrogen (secondary N) is 1. The van der Waals surface area contributed by atoms with E-state index >= 15 is 0 Å². The van der Waals surface area contributed by atoms with Crippen molar-refractivity contribution in [3.63, 3.8) is 0 Å². The quantitative estimate of drug-likeness (QED) is 0.103. The van der Waals surface area contributed by atoms with Gasteiger partial charge in [-0.15, -0.1) is 0 Å². The zero-order valence-corrected chi connectivity index (χ0v) is 36.8. The number of imidazole rings is 1. The molecule has 10 heteroatoms. The summed E-state index contributed by atoms with van der Waals surface area (Å²) in [5.74, 6) is 2.09. The smallest absolute Gasteiger partial charge is 0.167 e. The van der Waals surface area contributed by atoms with E-state index in [-0.39, 0.29) is 6.04 Å². The lowest BCUT2D eigenvalue weighted by molar-refractivity contribution is -0.0819. The van der Waals surface area contributed by atoms with Gasteiger partial charge >= 0.3 is 0 Å². The molecule has 328 valence electrons. The van der Waals surface area contributed by atoms with E-state index < -0.39 is 29.4 Å². The van der Waals surface area contributed by atoms with Crippen molar-refractivity contribution in [2.24, 2.45) is 0 Å². The number of hydrogen-bond acceptors (Lipinski definition) is 9. The first-order valence-corrected chi connectivity index (χ1v) is 22.6. The summed E-state index contributed by atoms with van der Waals surface area (Å²) >= 11 is 0. The molecule has 2 aliphatic heterocycles. The molecule has 2 aromatic heterocycles. The Morgan fingerprint density at radius 1 is 0.600 bits per heavy atom. The van der Waals surface area contributed by atoms with E-state index in [9.17, 15) is 5.11 Å². The van der Waals surface area contributed by atoms with Gasteiger partial charge in [-0.05, 0) is 90.0 Å². The van der Waals surface area contributed by atoms with Gasteiger partial charge < -0.3 is 24.6 Å². The molecule has 0 amide bonds. The molecular weight excluding hydrogens is 809 g/mol. The predicted octanol–water partition coefficient (Wildman–Crippen LogP) is 9.78. The maximum atomic E-state index is 13.4. The number of nitrogens with zero attached hydrogens (tertiary/aromatic N) is 5. The third-order valence-corrected chi connectivity index (χ3v) is 13.7. The monoisotopic (exact) mass is 862 g/mol. The molecule has 0 saturated carbocycles. The van der Waals surface area contributed by atoms with Crippen LogP contribution in [0.5, 0.6) is 11.5 Å². The number of benzene rings is 6. The van der Waals surface area contributed by atoms with Gasteiger partial charge in [0.05, 0.1) is 44.2 Å². The van der Waals surface area contributed by atoms with Crippen LogP contribution in [0.1, 0.15) is 65.3 Å². The Morgan fingerprint density at radius 2 is 1.08 bits per heavy atom. The number of fused-ring (bicyclic) bond motifs is 1. The fraction of sp³-hybridized carbons (Fsp3) is 0.255. The van der Waals surface area contributed by atoms with Crippen molar-refractivity contribution < 1.29 is 19.3 Å². The average molecular weight is 863 g/mol. The molecule has 2 fully saturated rings. The van der Waals surface area contributed by atoms with Crippen LogP contribution in [0.4, 0.5) is 5.82 Å². The second kappa shape index (κ2) is 18.3. The standard InChI is InChI=1S/C55H54N6O4/c1-63-45-30-26-41(27-31-45)54(39-18-8-3-9-19-39,40-20-10-4-11-21-40)50(62)48-36-47(60-34-16-7-17-35-60)53(65-48)61-38-58-49-51(56-37-57-52(49)61)59-55(42-22-12-5-13-23-42,43-24-14-6-15-25-43)44-28-32-46(64-2)33-29-44/h3-6,8-15,18-33,37-38,47-48,50,53,62H,7,16-17,34-36H2,1-2H3,(H,56,57,59)/t47?,48-,50?,53+/m0/s1. The zero-order chi connectivity index (χ0) is 44.2. The first kappa shape index (κ1) is 42.1. The molecule has 0 radical (unpaired) electrons. The second-order valence-corrected chi connectivity index (χ2v) is 17.1. The Hall–Kier alpha value is -6.85. The molecule has 2 aliphatic rings. The number of methoxy groups -OCH3 is 2. The van der Waals surface area contributed by atoms with Crippen LogP contribution in [-0.4, -0.2) is 75.1 Å². The predicted molar refractivity (Wildman–Crippen MR) is 254 cm³/mol. The van der Waals surface area contributed by atoms with Crippen molar-refractivity contribution in [1.82, 2.24) is 24.4 Å². The van der Waals surface area contributed by atoms with Crippen LogP contribution in [0.3, 0.4) is 0 Å². The maximum Gasteiger partial charge on any atom is 0.167 e. The van der Waals surface area contributed by atoms with Crippen molar-refractivity contribution in [3.8, 4) is 11.5 Å². The van der Waals surface area contributed by atoms with Crippen LogP contribution in [0, 0.1) is 0 Å². The van der Waals surface area contributed by atoms with Gasteiger partial charge in [0.2, 0.25) is 0 Å². The highest BCUT2D eigenvalue weighted by Gasteiger charge is 2.52. The first-order valence-electron chi connectivity index (χ1n) is 22.6. The van der Waals surface area contributed by atoms with E-state index in [4.69, 9.17) is 29.2 Å². The Balaban J connectivity index is 1.09. The molecule has 0 spiro atoms. The number of rotatable bonds is 14. The third kappa shape index (κ3) is 7.61. The molecule has 8 aromatic rings. The van der Waals surface area contributed by atoms with E-state index in [0.717, 1.165) is 70.8 Å². The molecular formula is C55H54N6O4. The highest BCUT2D eigenvalue weighted by Crippen LogP contribution is 2.49. The van der Waals surface area contributed by atoms with Crippen molar-refractivity contribution in [2.45, 2.75) is 61.1 Å². The van der Waals surface area contributed by atoms with Crippen LogP contribution < -0.4 is 14.8 Å². The molecule has 4 atom stereocenters. The van der Waals surface area contributed by atoms with Crippen LogP contribution in [0.15, 0.2) is 183 Å². The normalized spacial score (nSPS) is 18.6. The number of piperidine rings is 1. The van der Waals surface area contributed by atoms with Gasteiger partial charge in [-0.3, -0.25) is 9.47 Å². The molecule has 65 heavy (non-hydrogen) atoms. The van der Waals surface area contributed by atoms with Gasteiger partial charge in [0.25, 0.3) is 0 Å². The van der Waals surface area contributed by atoms with Crippen molar-refractivity contribution in [3.05, 3.63) is 216 Å². The first-order chi connectivity index (χ1) is 32.0. The van der Waals surface area contributed by atoms with E-state index in [0.29, 0.717) is 23.4 Å².